The molecule has 0 rings (SSSR count). The first kappa shape index (κ1) is 14.4. The van der Waals surface area contributed by atoms with Crippen LogP contribution >= 0.6 is 0 Å². The van der Waals surface area contributed by atoms with E-state index in [-0.39, 0.29) is 0 Å². The van der Waals surface area contributed by atoms with Gasteiger partial charge in [-0.25, -0.2) is 4.79 Å². The molecule has 0 spiro atoms. The Labute approximate surface area is 92.8 Å². The lowest BCUT2D eigenvalue weighted by Gasteiger charge is -2.09. The summed E-state index contributed by atoms with van der Waals surface area (Å²) in [5, 5.41) is 8.72. The molecule has 0 aromatic heterocycles. The van der Waals surface area contributed by atoms with Crippen molar-refractivity contribution in [3.05, 3.63) is 0 Å². The number of methoxy groups -OCH3 is 1. The Morgan fingerprint density at radius 3 is 2.13 bits per heavy atom. The van der Waals surface area contributed by atoms with Gasteiger partial charge in [0.1, 0.15) is 0 Å². The number of unbranched alkanes of at least 4 members (excludes halogenated alkanes) is 6. The number of hydrogen-bond donors (Lipinski definition) is 1. The van der Waals surface area contributed by atoms with E-state index < -0.39 is 12.1 Å². The number of rotatable bonds is 10. The zero-order valence-corrected chi connectivity index (χ0v) is 10.00. The summed E-state index contributed by atoms with van der Waals surface area (Å²) in [5.74, 6) is -0.844. The summed E-state index contributed by atoms with van der Waals surface area (Å²) in [6, 6.07) is 0. The summed E-state index contributed by atoms with van der Waals surface area (Å²) >= 11 is 0. The van der Waals surface area contributed by atoms with Crippen molar-refractivity contribution in [2.24, 2.45) is 0 Å². The number of carboxylic acids is 1. The van der Waals surface area contributed by atoms with E-state index in [1.807, 2.05) is 0 Å². The topological polar surface area (TPSA) is 46.5 Å². The molecule has 0 heterocycles. The van der Waals surface area contributed by atoms with E-state index in [9.17, 15) is 4.79 Å². The monoisotopic (exact) mass is 216 g/mol. The lowest BCUT2D eigenvalue weighted by molar-refractivity contribution is -0.148. The van der Waals surface area contributed by atoms with Gasteiger partial charge in [0.05, 0.1) is 0 Å². The maximum atomic E-state index is 10.6. The molecule has 0 bridgehead atoms. The van der Waals surface area contributed by atoms with Crippen LogP contribution in [0.1, 0.15) is 58.3 Å². The van der Waals surface area contributed by atoms with Crippen LogP contribution in [0.5, 0.6) is 0 Å². The summed E-state index contributed by atoms with van der Waals surface area (Å²) in [6.45, 7) is 2.20. The fourth-order valence-electron chi connectivity index (χ4n) is 1.63. The minimum Gasteiger partial charge on any atom is -0.479 e. The molecule has 3 nitrogen and oxygen atoms in total. The largest absolute Gasteiger partial charge is 0.479 e. The Bertz CT molecular complexity index is 157. The molecule has 0 saturated heterocycles. The molecule has 0 amide bonds. The minimum atomic E-state index is -0.844. The van der Waals surface area contributed by atoms with Crippen LogP contribution in [0, 0.1) is 0 Å². The first-order valence-corrected chi connectivity index (χ1v) is 5.98. The molecular formula is C12H24O3. The summed E-state index contributed by atoms with van der Waals surface area (Å²) in [4.78, 5) is 10.6. The molecule has 0 aliphatic rings. The van der Waals surface area contributed by atoms with Crippen molar-refractivity contribution in [2.45, 2.75) is 64.4 Å². The van der Waals surface area contributed by atoms with E-state index in [2.05, 4.69) is 6.92 Å². The fourth-order valence-corrected chi connectivity index (χ4v) is 1.63. The van der Waals surface area contributed by atoms with Gasteiger partial charge >= 0.3 is 5.97 Å². The van der Waals surface area contributed by atoms with Crippen molar-refractivity contribution in [3.63, 3.8) is 0 Å². The van der Waals surface area contributed by atoms with Gasteiger partial charge in [-0.05, 0) is 6.42 Å². The molecule has 0 aromatic carbocycles. The second kappa shape index (κ2) is 9.97. The molecule has 0 saturated carbocycles. The third-order valence-electron chi connectivity index (χ3n) is 2.63. The highest BCUT2D eigenvalue weighted by Crippen LogP contribution is 2.10. The molecule has 0 radical (unpaired) electrons. The Hall–Kier alpha value is -0.570. The van der Waals surface area contributed by atoms with Gasteiger partial charge in [-0.2, -0.15) is 0 Å². The average Bonchev–Trinajstić information content (AvgIpc) is 2.21. The lowest BCUT2D eigenvalue weighted by Crippen LogP contribution is -2.21. The highest BCUT2D eigenvalue weighted by atomic mass is 16.5. The molecule has 15 heavy (non-hydrogen) atoms. The number of hydrogen-bond acceptors (Lipinski definition) is 2. The van der Waals surface area contributed by atoms with Crippen molar-refractivity contribution >= 4 is 5.97 Å². The van der Waals surface area contributed by atoms with Gasteiger partial charge in [0.2, 0.25) is 0 Å². The second-order valence-electron chi connectivity index (χ2n) is 3.97. The Kier molecular flexibility index (Phi) is 9.59. The fraction of sp³-hybridized carbons (Fsp3) is 0.917. The predicted molar refractivity (Wildman–Crippen MR) is 61.0 cm³/mol. The zero-order chi connectivity index (χ0) is 11.5. The van der Waals surface area contributed by atoms with Gasteiger partial charge < -0.3 is 9.84 Å². The van der Waals surface area contributed by atoms with Crippen molar-refractivity contribution < 1.29 is 14.6 Å². The van der Waals surface area contributed by atoms with E-state index in [4.69, 9.17) is 9.84 Å². The maximum Gasteiger partial charge on any atom is 0.332 e. The van der Waals surface area contributed by atoms with Gasteiger partial charge in [-0.3, -0.25) is 0 Å². The minimum absolute atomic E-state index is 0.611. The second-order valence-corrected chi connectivity index (χ2v) is 3.97. The zero-order valence-electron chi connectivity index (χ0n) is 10.00. The first-order valence-electron chi connectivity index (χ1n) is 5.98. The molecule has 1 unspecified atom stereocenters. The van der Waals surface area contributed by atoms with Crippen LogP contribution in [0.15, 0.2) is 0 Å². The maximum absolute atomic E-state index is 10.6. The van der Waals surface area contributed by atoms with Crippen LogP contribution in [0.2, 0.25) is 0 Å². The van der Waals surface area contributed by atoms with Crippen LogP contribution in [-0.2, 0) is 9.53 Å². The molecule has 0 aliphatic carbocycles. The molecule has 1 atom stereocenters. The quantitative estimate of drug-likeness (QED) is 0.570. The molecule has 90 valence electrons. The number of carboxylic acid groups (broad SMARTS) is 1. The normalized spacial score (nSPS) is 12.7. The van der Waals surface area contributed by atoms with Crippen LogP contribution in [0.4, 0.5) is 0 Å². The van der Waals surface area contributed by atoms with Gasteiger partial charge in [0.15, 0.2) is 6.10 Å². The Morgan fingerprint density at radius 1 is 1.13 bits per heavy atom. The van der Waals surface area contributed by atoms with Gasteiger partial charge in [-0.15, -0.1) is 0 Å². The molecule has 0 fully saturated rings. The highest BCUT2D eigenvalue weighted by Gasteiger charge is 2.14. The average molecular weight is 216 g/mol. The Balaban J connectivity index is 3.25. The van der Waals surface area contributed by atoms with Gasteiger partial charge in [0.25, 0.3) is 0 Å². The summed E-state index contributed by atoms with van der Waals surface area (Å²) in [7, 11) is 1.46. The van der Waals surface area contributed by atoms with Crippen molar-refractivity contribution in [1.82, 2.24) is 0 Å². The van der Waals surface area contributed by atoms with Crippen LogP contribution in [0.3, 0.4) is 0 Å². The summed E-state index contributed by atoms with van der Waals surface area (Å²) in [5.41, 5.74) is 0. The van der Waals surface area contributed by atoms with Crippen LogP contribution < -0.4 is 0 Å². The van der Waals surface area contributed by atoms with Crippen LogP contribution in [-0.4, -0.2) is 24.3 Å². The SMILES string of the molecule is CCCCCCCCCC(OC)C(=O)O. The van der Waals surface area contributed by atoms with Crippen molar-refractivity contribution in [2.75, 3.05) is 7.11 Å². The molecular weight excluding hydrogens is 192 g/mol. The van der Waals surface area contributed by atoms with E-state index in [1.165, 1.54) is 39.2 Å². The Morgan fingerprint density at radius 2 is 1.67 bits per heavy atom. The summed E-state index contributed by atoms with van der Waals surface area (Å²) in [6.07, 6.45) is 8.49. The third-order valence-corrected chi connectivity index (χ3v) is 2.63. The lowest BCUT2D eigenvalue weighted by atomic mass is 10.1. The summed E-state index contributed by atoms with van der Waals surface area (Å²) < 4.78 is 4.86. The van der Waals surface area contributed by atoms with Gasteiger partial charge in [0, 0.05) is 7.11 Å². The van der Waals surface area contributed by atoms with Crippen LogP contribution in [0.25, 0.3) is 0 Å². The van der Waals surface area contributed by atoms with E-state index in [1.54, 1.807) is 0 Å². The highest BCUT2D eigenvalue weighted by molar-refractivity contribution is 5.72. The third kappa shape index (κ3) is 8.43. The molecule has 0 aromatic rings. The molecule has 1 N–H and O–H groups in total. The van der Waals surface area contributed by atoms with E-state index >= 15 is 0 Å². The standard InChI is InChI=1S/C12H24O3/c1-3-4-5-6-7-8-9-10-11(15-2)12(13)14/h11H,3-10H2,1-2H3,(H,13,14). The number of aliphatic carboxylic acids is 1. The van der Waals surface area contributed by atoms with Crippen molar-refractivity contribution in [1.29, 1.82) is 0 Å². The predicted octanol–water partition coefficient (Wildman–Crippen LogP) is 3.23. The number of ether oxygens (including phenoxy) is 1. The molecule has 0 aliphatic heterocycles. The van der Waals surface area contributed by atoms with E-state index in [0.29, 0.717) is 6.42 Å². The molecule has 3 heteroatoms. The van der Waals surface area contributed by atoms with Crippen molar-refractivity contribution in [3.8, 4) is 0 Å². The van der Waals surface area contributed by atoms with E-state index in [0.717, 1.165) is 12.8 Å². The van der Waals surface area contributed by atoms with Gasteiger partial charge in [-0.1, -0.05) is 51.9 Å². The smallest absolute Gasteiger partial charge is 0.332 e. The first-order chi connectivity index (χ1) is 7.22. The number of carbonyl (C=O) groups is 1.